The van der Waals surface area contributed by atoms with E-state index in [1.54, 1.807) is 0 Å². The second-order valence-electron chi connectivity index (χ2n) is 2.70. The summed E-state index contributed by atoms with van der Waals surface area (Å²) in [4.78, 5) is 0. The van der Waals surface area contributed by atoms with E-state index in [-0.39, 0.29) is 6.54 Å². The number of nitrogens with one attached hydrogen (secondary N) is 1. The molecule has 0 saturated heterocycles. The van der Waals surface area contributed by atoms with Crippen LogP contribution >= 0.6 is 0 Å². The van der Waals surface area contributed by atoms with Gasteiger partial charge in [-0.3, -0.25) is 0 Å². The highest BCUT2D eigenvalue weighted by atomic mass is 16.4. The average Bonchev–Trinajstić information content (AvgIpc) is 2.67. The van der Waals surface area contributed by atoms with Crippen LogP contribution in [0.3, 0.4) is 0 Å². The van der Waals surface area contributed by atoms with Crippen molar-refractivity contribution in [2.24, 2.45) is 5.73 Å². The molecule has 1 heterocycles. The van der Waals surface area contributed by atoms with Gasteiger partial charge in [0.25, 0.3) is 0 Å². The van der Waals surface area contributed by atoms with Crippen LogP contribution in [0.2, 0.25) is 0 Å². The zero-order chi connectivity index (χ0) is 9.80. The number of nitrogens with two attached hydrogens (primary N) is 1. The maximum Gasteiger partial charge on any atom is 0.320 e. The van der Waals surface area contributed by atoms with Gasteiger partial charge in [-0.05, 0) is 12.1 Å². The van der Waals surface area contributed by atoms with E-state index < -0.39 is 0 Å². The van der Waals surface area contributed by atoms with Crippen LogP contribution in [0.25, 0.3) is 0 Å². The fraction of sp³-hybridized carbons (Fsp3) is 0.111. The van der Waals surface area contributed by atoms with Crippen molar-refractivity contribution in [2.75, 3.05) is 5.32 Å². The summed E-state index contributed by atoms with van der Waals surface area (Å²) in [6.07, 6.45) is 0. The Labute approximate surface area is 80.9 Å². The van der Waals surface area contributed by atoms with Gasteiger partial charge >= 0.3 is 6.01 Å². The smallest absolute Gasteiger partial charge is 0.320 e. The molecule has 14 heavy (non-hydrogen) atoms. The van der Waals surface area contributed by atoms with Crippen molar-refractivity contribution in [3.63, 3.8) is 0 Å². The number of rotatable bonds is 3. The molecule has 5 nitrogen and oxygen atoms in total. The van der Waals surface area contributed by atoms with Crippen LogP contribution in [0.5, 0.6) is 0 Å². The monoisotopic (exact) mass is 190 g/mol. The lowest BCUT2D eigenvalue weighted by molar-refractivity contribution is 0.511. The Morgan fingerprint density at radius 1 is 1.21 bits per heavy atom. The lowest BCUT2D eigenvalue weighted by Crippen LogP contribution is -1.95. The standard InChI is InChI=1S/C9H10N4O/c10-6-8-12-13-9(14-8)11-7-4-2-1-3-5-7/h1-5H,6,10H2,(H,11,13). The molecule has 3 N–H and O–H groups in total. The Morgan fingerprint density at radius 3 is 2.64 bits per heavy atom. The molecular weight excluding hydrogens is 180 g/mol. The topological polar surface area (TPSA) is 77.0 Å². The summed E-state index contributed by atoms with van der Waals surface area (Å²) in [5.74, 6) is 0.420. The maximum atomic E-state index is 5.33. The molecule has 1 aromatic heterocycles. The molecule has 0 aliphatic carbocycles. The molecule has 0 aliphatic heterocycles. The highest BCUT2D eigenvalue weighted by Crippen LogP contribution is 2.13. The minimum Gasteiger partial charge on any atom is -0.406 e. The number of para-hydroxylation sites is 1. The molecule has 0 spiro atoms. The summed E-state index contributed by atoms with van der Waals surface area (Å²) < 4.78 is 5.18. The number of aromatic nitrogens is 2. The molecule has 1 aromatic carbocycles. The van der Waals surface area contributed by atoms with E-state index in [1.807, 2.05) is 30.3 Å². The van der Waals surface area contributed by atoms with E-state index >= 15 is 0 Å². The van der Waals surface area contributed by atoms with E-state index in [2.05, 4.69) is 15.5 Å². The van der Waals surface area contributed by atoms with Gasteiger partial charge in [-0.15, -0.1) is 5.10 Å². The van der Waals surface area contributed by atoms with Crippen molar-refractivity contribution in [3.8, 4) is 0 Å². The van der Waals surface area contributed by atoms with E-state index in [0.717, 1.165) is 5.69 Å². The van der Waals surface area contributed by atoms with Gasteiger partial charge in [0.1, 0.15) is 0 Å². The van der Waals surface area contributed by atoms with Crippen molar-refractivity contribution in [1.29, 1.82) is 0 Å². The first-order chi connectivity index (χ1) is 6.88. The summed E-state index contributed by atoms with van der Waals surface area (Å²) in [6.45, 7) is 0.253. The Bertz CT molecular complexity index is 398. The van der Waals surface area contributed by atoms with Gasteiger partial charge in [-0.25, -0.2) is 0 Å². The van der Waals surface area contributed by atoms with Crippen LogP contribution in [-0.2, 0) is 6.54 Å². The first-order valence-electron chi connectivity index (χ1n) is 4.23. The molecule has 0 fully saturated rings. The quantitative estimate of drug-likeness (QED) is 0.762. The molecule has 72 valence electrons. The van der Waals surface area contributed by atoms with Crippen LogP contribution in [0.4, 0.5) is 11.7 Å². The van der Waals surface area contributed by atoms with Gasteiger partial charge in [-0.2, -0.15) is 0 Å². The number of anilines is 2. The van der Waals surface area contributed by atoms with Crippen molar-refractivity contribution in [3.05, 3.63) is 36.2 Å². The molecule has 5 heteroatoms. The number of hydrogen-bond donors (Lipinski definition) is 2. The molecule has 0 radical (unpaired) electrons. The Hall–Kier alpha value is -1.88. The third-order valence-electron chi connectivity index (χ3n) is 1.67. The second-order valence-corrected chi connectivity index (χ2v) is 2.70. The molecule has 0 aliphatic rings. The van der Waals surface area contributed by atoms with E-state index in [9.17, 15) is 0 Å². The predicted molar refractivity (Wildman–Crippen MR) is 51.9 cm³/mol. The number of hydrogen-bond acceptors (Lipinski definition) is 5. The average molecular weight is 190 g/mol. The molecule has 0 bridgehead atoms. The van der Waals surface area contributed by atoms with Gasteiger partial charge < -0.3 is 15.5 Å². The molecule has 2 rings (SSSR count). The van der Waals surface area contributed by atoms with Crippen LogP contribution in [0.1, 0.15) is 5.89 Å². The van der Waals surface area contributed by atoms with Gasteiger partial charge in [0.2, 0.25) is 5.89 Å². The molecule has 2 aromatic rings. The van der Waals surface area contributed by atoms with Gasteiger partial charge in [0.05, 0.1) is 6.54 Å². The largest absolute Gasteiger partial charge is 0.406 e. The molecule has 0 atom stereocenters. The van der Waals surface area contributed by atoms with Crippen molar-refractivity contribution in [1.82, 2.24) is 10.2 Å². The molecule has 0 saturated carbocycles. The highest BCUT2D eigenvalue weighted by Gasteiger charge is 2.03. The summed E-state index contributed by atoms with van der Waals surface area (Å²) in [6, 6.07) is 9.95. The SMILES string of the molecule is NCc1nnc(Nc2ccccc2)o1. The minimum atomic E-state index is 0.253. The first kappa shape index (κ1) is 8.71. The minimum absolute atomic E-state index is 0.253. The third kappa shape index (κ3) is 1.89. The first-order valence-corrected chi connectivity index (χ1v) is 4.23. The van der Waals surface area contributed by atoms with E-state index in [1.165, 1.54) is 0 Å². The van der Waals surface area contributed by atoms with Crippen LogP contribution in [0.15, 0.2) is 34.7 Å². The third-order valence-corrected chi connectivity index (χ3v) is 1.67. The van der Waals surface area contributed by atoms with Crippen LogP contribution in [-0.4, -0.2) is 10.2 Å². The normalized spacial score (nSPS) is 10.1. The van der Waals surface area contributed by atoms with Gasteiger partial charge in [0, 0.05) is 5.69 Å². The molecule has 0 unspecified atom stereocenters. The summed E-state index contributed by atoms with van der Waals surface area (Å²) in [7, 11) is 0. The Kier molecular flexibility index (Phi) is 2.42. The fourth-order valence-corrected chi connectivity index (χ4v) is 1.03. The highest BCUT2D eigenvalue weighted by molar-refractivity contribution is 5.50. The zero-order valence-corrected chi connectivity index (χ0v) is 7.47. The Morgan fingerprint density at radius 2 is 2.00 bits per heavy atom. The summed E-state index contributed by atoms with van der Waals surface area (Å²) in [5, 5.41) is 10.5. The number of nitrogens with zero attached hydrogens (tertiary/aromatic N) is 2. The molecule has 0 amide bonds. The van der Waals surface area contributed by atoms with Crippen LogP contribution in [0, 0.1) is 0 Å². The van der Waals surface area contributed by atoms with Gasteiger partial charge in [-0.1, -0.05) is 23.3 Å². The van der Waals surface area contributed by atoms with Crippen molar-refractivity contribution >= 4 is 11.7 Å². The molecular formula is C9H10N4O. The maximum absolute atomic E-state index is 5.33. The van der Waals surface area contributed by atoms with E-state index in [4.69, 9.17) is 10.2 Å². The van der Waals surface area contributed by atoms with Crippen molar-refractivity contribution in [2.45, 2.75) is 6.54 Å². The lowest BCUT2D eigenvalue weighted by atomic mass is 10.3. The van der Waals surface area contributed by atoms with Crippen LogP contribution < -0.4 is 11.1 Å². The summed E-state index contributed by atoms with van der Waals surface area (Å²) in [5.41, 5.74) is 6.24. The lowest BCUT2D eigenvalue weighted by Gasteiger charge is -1.98. The van der Waals surface area contributed by atoms with E-state index in [0.29, 0.717) is 11.9 Å². The van der Waals surface area contributed by atoms with Crippen molar-refractivity contribution < 1.29 is 4.42 Å². The second kappa shape index (κ2) is 3.89. The predicted octanol–water partition coefficient (Wildman–Crippen LogP) is 1.27. The zero-order valence-electron chi connectivity index (χ0n) is 7.47. The number of benzene rings is 1. The Balaban J connectivity index is 2.11. The van der Waals surface area contributed by atoms with Gasteiger partial charge in [0.15, 0.2) is 0 Å². The summed E-state index contributed by atoms with van der Waals surface area (Å²) >= 11 is 0. The fourth-order valence-electron chi connectivity index (χ4n) is 1.03.